The highest BCUT2D eigenvalue weighted by Gasteiger charge is 2.21. The molecule has 1 N–H and O–H groups in total. The van der Waals surface area contributed by atoms with Crippen molar-refractivity contribution >= 4 is 0 Å². The number of benzene rings is 1. The van der Waals surface area contributed by atoms with Gasteiger partial charge in [0.05, 0.1) is 50.4 Å². The molecule has 1 aliphatic heterocycles. The highest BCUT2D eigenvalue weighted by molar-refractivity contribution is 5.78. The zero-order valence-corrected chi connectivity index (χ0v) is 16.5. The zero-order chi connectivity index (χ0) is 19.3. The Morgan fingerprint density at radius 3 is 2.68 bits per heavy atom. The lowest BCUT2D eigenvalue weighted by molar-refractivity contribution is 0.0313. The summed E-state index contributed by atoms with van der Waals surface area (Å²) in [7, 11) is 1.68. The van der Waals surface area contributed by atoms with E-state index in [0.29, 0.717) is 6.04 Å². The molecule has 0 bridgehead atoms. The van der Waals surface area contributed by atoms with Crippen molar-refractivity contribution in [2.45, 2.75) is 19.4 Å². The molecule has 0 radical (unpaired) electrons. The maximum absolute atomic E-state index is 5.49. The number of ether oxygens (including phenoxy) is 2. The van der Waals surface area contributed by atoms with Crippen LogP contribution in [0.25, 0.3) is 22.5 Å². The molecule has 0 amide bonds. The predicted molar refractivity (Wildman–Crippen MR) is 108 cm³/mol. The van der Waals surface area contributed by atoms with Crippen LogP contribution in [0.2, 0.25) is 0 Å². The van der Waals surface area contributed by atoms with Gasteiger partial charge >= 0.3 is 0 Å². The Labute approximate surface area is 165 Å². The Balaban J connectivity index is 1.62. The maximum Gasteiger partial charge on any atom is 0.118 e. The fourth-order valence-corrected chi connectivity index (χ4v) is 3.76. The first-order chi connectivity index (χ1) is 13.8. The predicted octanol–water partition coefficient (Wildman–Crippen LogP) is 3.23. The summed E-state index contributed by atoms with van der Waals surface area (Å²) in [5.41, 5.74) is 4.20. The van der Waals surface area contributed by atoms with E-state index in [1.807, 2.05) is 43.0 Å². The molecule has 0 unspecified atom stereocenters. The Kier molecular flexibility index (Phi) is 5.73. The van der Waals surface area contributed by atoms with Crippen LogP contribution in [-0.2, 0) is 4.74 Å². The molecule has 0 spiro atoms. The molecule has 1 aliphatic rings. The lowest BCUT2D eigenvalue weighted by Crippen LogP contribution is -2.39. The van der Waals surface area contributed by atoms with Gasteiger partial charge < -0.3 is 14.0 Å². The van der Waals surface area contributed by atoms with Crippen molar-refractivity contribution < 1.29 is 9.47 Å². The summed E-state index contributed by atoms with van der Waals surface area (Å²) in [6.07, 6.45) is 6.79. The second-order valence-electron chi connectivity index (χ2n) is 7.05. The van der Waals surface area contributed by atoms with Crippen molar-refractivity contribution in [1.29, 1.82) is 0 Å². The van der Waals surface area contributed by atoms with E-state index in [1.54, 1.807) is 7.11 Å². The third kappa shape index (κ3) is 3.81. The van der Waals surface area contributed by atoms with Crippen LogP contribution in [0.1, 0.15) is 19.4 Å². The normalized spacial score (nSPS) is 16.2. The quantitative estimate of drug-likeness (QED) is 0.681. The van der Waals surface area contributed by atoms with Gasteiger partial charge in [0.15, 0.2) is 0 Å². The van der Waals surface area contributed by atoms with Crippen molar-refractivity contribution in [3.05, 3.63) is 43.0 Å². The topological polar surface area (TPSA) is 68.2 Å². The molecular formula is C21H27N5O2. The van der Waals surface area contributed by atoms with E-state index < -0.39 is 0 Å². The molecule has 1 aromatic carbocycles. The molecule has 1 fully saturated rings. The molecule has 0 aliphatic carbocycles. The highest BCUT2D eigenvalue weighted by Crippen LogP contribution is 2.33. The number of hydrogen-bond donors (Lipinski definition) is 1. The standard InChI is InChI=1S/C21H27N5O2/c1-3-17(14-25-8-10-28-11-9-25)26-15-22-13-20(26)19-12-23-24-21(19)16-4-6-18(27-2)7-5-16/h4-7,12-13,15,17H,3,8-11,14H2,1-2H3,(H,23,24)/t17-/m0/s1. The summed E-state index contributed by atoms with van der Waals surface area (Å²) in [6, 6.07) is 8.37. The molecular weight excluding hydrogens is 354 g/mol. The highest BCUT2D eigenvalue weighted by atomic mass is 16.5. The molecule has 7 heteroatoms. The van der Waals surface area contributed by atoms with Gasteiger partial charge in [-0.05, 0) is 30.7 Å². The summed E-state index contributed by atoms with van der Waals surface area (Å²) in [5, 5.41) is 7.47. The summed E-state index contributed by atoms with van der Waals surface area (Å²) in [5.74, 6) is 0.839. The number of nitrogens with zero attached hydrogens (tertiary/aromatic N) is 4. The summed E-state index contributed by atoms with van der Waals surface area (Å²) >= 11 is 0. The van der Waals surface area contributed by atoms with Crippen LogP contribution in [0.4, 0.5) is 0 Å². The minimum Gasteiger partial charge on any atom is -0.497 e. The van der Waals surface area contributed by atoms with E-state index in [4.69, 9.17) is 9.47 Å². The zero-order valence-electron chi connectivity index (χ0n) is 16.5. The molecule has 148 valence electrons. The number of nitrogens with one attached hydrogen (secondary N) is 1. The molecule has 7 nitrogen and oxygen atoms in total. The van der Waals surface area contributed by atoms with Crippen LogP contribution >= 0.6 is 0 Å². The van der Waals surface area contributed by atoms with Crippen LogP contribution in [0.15, 0.2) is 43.0 Å². The molecule has 1 atom stereocenters. The molecule has 3 heterocycles. The van der Waals surface area contributed by atoms with E-state index in [-0.39, 0.29) is 0 Å². The van der Waals surface area contributed by atoms with Crippen LogP contribution in [-0.4, -0.2) is 64.6 Å². The van der Waals surface area contributed by atoms with E-state index >= 15 is 0 Å². The fourth-order valence-electron chi connectivity index (χ4n) is 3.76. The van der Waals surface area contributed by atoms with E-state index in [1.165, 1.54) is 0 Å². The van der Waals surface area contributed by atoms with Gasteiger partial charge in [0.25, 0.3) is 0 Å². The number of aromatic amines is 1. The fraction of sp³-hybridized carbons (Fsp3) is 0.429. The molecule has 2 aromatic heterocycles. The smallest absolute Gasteiger partial charge is 0.118 e. The SMILES string of the molecule is CC[C@@H](CN1CCOCC1)n1cncc1-c1cn[nH]c1-c1ccc(OC)cc1. The molecule has 3 aromatic rings. The van der Waals surface area contributed by atoms with E-state index in [0.717, 1.165) is 67.5 Å². The Morgan fingerprint density at radius 1 is 1.18 bits per heavy atom. The van der Waals surface area contributed by atoms with Crippen LogP contribution in [0.5, 0.6) is 5.75 Å². The van der Waals surface area contributed by atoms with Gasteiger partial charge in [-0.25, -0.2) is 4.98 Å². The van der Waals surface area contributed by atoms with Gasteiger partial charge in [-0.2, -0.15) is 5.10 Å². The number of H-pyrrole nitrogens is 1. The third-order valence-corrected chi connectivity index (χ3v) is 5.40. The van der Waals surface area contributed by atoms with Crippen LogP contribution in [0.3, 0.4) is 0 Å². The van der Waals surface area contributed by atoms with E-state index in [2.05, 4.69) is 31.6 Å². The number of imidazole rings is 1. The van der Waals surface area contributed by atoms with Crippen molar-refractivity contribution in [2.24, 2.45) is 0 Å². The van der Waals surface area contributed by atoms with Crippen molar-refractivity contribution in [2.75, 3.05) is 40.0 Å². The van der Waals surface area contributed by atoms with Crippen LogP contribution in [0, 0.1) is 0 Å². The van der Waals surface area contributed by atoms with Gasteiger partial charge in [0.2, 0.25) is 0 Å². The first kappa shape index (κ1) is 18.7. The van der Waals surface area contributed by atoms with E-state index in [9.17, 15) is 0 Å². The average Bonchev–Trinajstić information content (AvgIpc) is 3.42. The minimum absolute atomic E-state index is 0.356. The summed E-state index contributed by atoms with van der Waals surface area (Å²) < 4.78 is 13.0. The van der Waals surface area contributed by atoms with Gasteiger partial charge in [0, 0.05) is 36.8 Å². The minimum atomic E-state index is 0.356. The monoisotopic (exact) mass is 381 g/mol. The van der Waals surface area contributed by atoms with Gasteiger partial charge in [0.1, 0.15) is 5.75 Å². The average molecular weight is 381 g/mol. The summed E-state index contributed by atoms with van der Waals surface area (Å²) in [4.78, 5) is 6.93. The lowest BCUT2D eigenvalue weighted by atomic mass is 10.1. The number of morpholine rings is 1. The first-order valence-corrected chi connectivity index (χ1v) is 9.80. The van der Waals surface area contributed by atoms with Gasteiger partial charge in [-0.1, -0.05) is 6.92 Å². The number of rotatable bonds is 7. The Hall–Kier alpha value is -2.64. The number of aromatic nitrogens is 4. The third-order valence-electron chi connectivity index (χ3n) is 5.40. The van der Waals surface area contributed by atoms with Gasteiger partial charge in [-0.15, -0.1) is 0 Å². The maximum atomic E-state index is 5.49. The molecule has 0 saturated carbocycles. The van der Waals surface area contributed by atoms with Gasteiger partial charge in [-0.3, -0.25) is 10.00 Å². The van der Waals surface area contributed by atoms with Crippen molar-refractivity contribution in [3.8, 4) is 28.3 Å². The second-order valence-corrected chi connectivity index (χ2v) is 7.05. The molecule has 4 rings (SSSR count). The van der Waals surface area contributed by atoms with Crippen molar-refractivity contribution in [3.63, 3.8) is 0 Å². The number of methoxy groups -OCH3 is 1. The second kappa shape index (κ2) is 8.58. The van der Waals surface area contributed by atoms with Crippen LogP contribution < -0.4 is 4.74 Å². The molecule has 28 heavy (non-hydrogen) atoms. The molecule has 1 saturated heterocycles. The largest absolute Gasteiger partial charge is 0.497 e. The summed E-state index contributed by atoms with van der Waals surface area (Å²) in [6.45, 7) is 6.84. The Morgan fingerprint density at radius 2 is 1.96 bits per heavy atom. The lowest BCUT2D eigenvalue weighted by Gasteiger charge is -2.31. The Bertz CT molecular complexity index is 880. The van der Waals surface area contributed by atoms with Crippen molar-refractivity contribution in [1.82, 2.24) is 24.6 Å². The number of hydrogen-bond acceptors (Lipinski definition) is 5. The first-order valence-electron chi connectivity index (χ1n) is 9.80.